The van der Waals surface area contributed by atoms with Crippen molar-refractivity contribution in [1.29, 1.82) is 0 Å². The highest BCUT2D eigenvalue weighted by Crippen LogP contribution is 2.18. The number of unbranched alkanes of at least 4 members (excludes halogenated alkanes) is 43. The molecule has 0 rings (SSSR count). The first-order valence-corrected chi connectivity index (χ1v) is 30.7. The number of aliphatic carboxylic acids is 1. The molecule has 0 aliphatic carbocycles. The van der Waals surface area contributed by atoms with Crippen molar-refractivity contribution in [3.05, 3.63) is 0 Å². The fourth-order valence-corrected chi connectivity index (χ4v) is 9.37. The summed E-state index contributed by atoms with van der Waals surface area (Å²) in [7, 11) is 5.97. The van der Waals surface area contributed by atoms with Gasteiger partial charge in [-0.15, -0.1) is 0 Å². The molecular formula is C61H120NO8+. The molecule has 0 bridgehead atoms. The zero-order valence-corrected chi connectivity index (χ0v) is 47.5. The van der Waals surface area contributed by atoms with E-state index in [-0.39, 0.29) is 38.2 Å². The Morgan fingerprint density at radius 3 is 0.914 bits per heavy atom. The predicted molar refractivity (Wildman–Crippen MR) is 295 cm³/mol. The highest BCUT2D eigenvalue weighted by molar-refractivity contribution is 5.71. The first kappa shape index (κ1) is 68.3. The predicted octanol–water partition coefficient (Wildman–Crippen LogP) is 18.0. The molecule has 2 atom stereocenters. The Kier molecular flexibility index (Phi) is 52.3. The van der Waals surface area contributed by atoms with Gasteiger partial charge in [0.05, 0.1) is 34.4 Å². The van der Waals surface area contributed by atoms with Gasteiger partial charge < -0.3 is 28.5 Å². The molecule has 0 aromatic carbocycles. The summed E-state index contributed by atoms with van der Waals surface area (Å²) < 4.78 is 22.8. The Labute approximate surface area is 434 Å². The molecule has 0 heterocycles. The SMILES string of the molecule is CCCCCCCCCCCCCCCCCCCCCCCCCCCCCCCCCCCCCCC(=O)OC(COC(=O)CCCCCCCCCCC)COC(OCC[N+](C)(C)C)C(=O)O. The molecule has 9 heteroatoms. The van der Waals surface area contributed by atoms with Gasteiger partial charge in [0, 0.05) is 12.8 Å². The highest BCUT2D eigenvalue weighted by Gasteiger charge is 2.25. The molecule has 1 N–H and O–H groups in total. The molecule has 9 nitrogen and oxygen atoms in total. The zero-order valence-electron chi connectivity index (χ0n) is 47.5. The van der Waals surface area contributed by atoms with E-state index in [1.54, 1.807) is 0 Å². The van der Waals surface area contributed by atoms with E-state index in [9.17, 15) is 19.5 Å². The maximum Gasteiger partial charge on any atom is 0.361 e. The molecule has 0 aromatic rings. The third kappa shape index (κ3) is 54.1. The number of carbonyl (C=O) groups is 3. The van der Waals surface area contributed by atoms with Crippen LogP contribution in [0, 0.1) is 0 Å². The zero-order chi connectivity index (χ0) is 51.3. The molecule has 0 amide bonds. The van der Waals surface area contributed by atoms with E-state index >= 15 is 0 Å². The monoisotopic (exact) mass is 995 g/mol. The van der Waals surface area contributed by atoms with Gasteiger partial charge in [-0.3, -0.25) is 9.59 Å². The number of carboxylic acids is 1. The summed E-state index contributed by atoms with van der Waals surface area (Å²) >= 11 is 0. The first-order chi connectivity index (χ1) is 34.1. The molecule has 70 heavy (non-hydrogen) atoms. The number of carbonyl (C=O) groups excluding carboxylic acids is 2. The van der Waals surface area contributed by atoms with Crippen LogP contribution >= 0.6 is 0 Å². The molecule has 0 fully saturated rings. The lowest BCUT2D eigenvalue weighted by atomic mass is 10.0. The Balaban J connectivity index is 3.86. The van der Waals surface area contributed by atoms with E-state index in [4.69, 9.17) is 18.9 Å². The second-order valence-electron chi connectivity index (χ2n) is 22.4. The molecule has 0 saturated carbocycles. The average molecular weight is 996 g/mol. The van der Waals surface area contributed by atoms with Crippen molar-refractivity contribution in [1.82, 2.24) is 0 Å². The van der Waals surface area contributed by atoms with E-state index in [1.165, 1.54) is 250 Å². The number of likely N-dealkylation sites (N-methyl/N-ethyl adjacent to an activating group) is 1. The van der Waals surface area contributed by atoms with Gasteiger partial charge in [0.25, 0.3) is 6.29 Å². The maximum atomic E-state index is 12.8. The second-order valence-corrected chi connectivity index (χ2v) is 22.4. The summed E-state index contributed by atoms with van der Waals surface area (Å²) in [6, 6.07) is 0. The van der Waals surface area contributed by atoms with Crippen LogP contribution in [0.2, 0.25) is 0 Å². The van der Waals surface area contributed by atoms with Gasteiger partial charge in [-0.2, -0.15) is 0 Å². The highest BCUT2D eigenvalue weighted by atomic mass is 16.7. The molecule has 0 aliphatic heterocycles. The molecule has 0 aromatic heterocycles. The third-order valence-corrected chi connectivity index (χ3v) is 14.1. The minimum absolute atomic E-state index is 0.174. The molecule has 0 saturated heterocycles. The number of rotatable bonds is 58. The van der Waals surface area contributed by atoms with Crippen LogP contribution in [0.3, 0.4) is 0 Å². The Morgan fingerprint density at radius 1 is 0.371 bits per heavy atom. The van der Waals surface area contributed by atoms with Crippen molar-refractivity contribution in [3.63, 3.8) is 0 Å². The molecule has 0 spiro atoms. The van der Waals surface area contributed by atoms with Crippen LogP contribution in [0.25, 0.3) is 0 Å². The maximum absolute atomic E-state index is 12.8. The van der Waals surface area contributed by atoms with Crippen LogP contribution < -0.4 is 0 Å². The van der Waals surface area contributed by atoms with Crippen molar-refractivity contribution in [2.45, 2.75) is 328 Å². The topological polar surface area (TPSA) is 108 Å². The number of carboxylic acid groups (broad SMARTS) is 1. The fraction of sp³-hybridized carbons (Fsp3) is 0.951. The van der Waals surface area contributed by atoms with Crippen molar-refractivity contribution in [2.75, 3.05) is 47.5 Å². The van der Waals surface area contributed by atoms with Gasteiger partial charge in [-0.05, 0) is 12.8 Å². The van der Waals surface area contributed by atoms with Crippen molar-refractivity contribution in [2.24, 2.45) is 0 Å². The van der Waals surface area contributed by atoms with Crippen LogP contribution in [0.15, 0.2) is 0 Å². The van der Waals surface area contributed by atoms with Crippen molar-refractivity contribution in [3.8, 4) is 0 Å². The van der Waals surface area contributed by atoms with Gasteiger partial charge in [0.1, 0.15) is 13.2 Å². The molecule has 416 valence electrons. The van der Waals surface area contributed by atoms with Crippen molar-refractivity contribution < 1.29 is 42.9 Å². The smallest absolute Gasteiger partial charge is 0.361 e. The summed E-state index contributed by atoms with van der Waals surface area (Å²) in [5.74, 6) is -1.98. The fourth-order valence-electron chi connectivity index (χ4n) is 9.37. The van der Waals surface area contributed by atoms with E-state index in [0.717, 1.165) is 38.5 Å². The Hall–Kier alpha value is -1.71. The molecule has 0 radical (unpaired) electrons. The molecular weight excluding hydrogens is 875 g/mol. The van der Waals surface area contributed by atoms with Gasteiger partial charge >= 0.3 is 17.9 Å². The van der Waals surface area contributed by atoms with E-state index in [1.807, 2.05) is 21.1 Å². The number of hydrogen-bond acceptors (Lipinski definition) is 7. The standard InChI is InChI=1S/C61H119NO8/c1-6-8-10-12-14-16-17-18-19-20-21-22-23-24-25-26-27-28-29-30-31-32-33-34-35-36-37-38-39-40-41-42-44-46-48-50-52-59(64)70-57(56-69-61(60(65)66)67-54-53-62(3,4)5)55-68-58(63)51-49-47-45-43-15-13-11-9-7-2/h57,61H,6-56H2,1-5H3/p+1. The average Bonchev–Trinajstić information content (AvgIpc) is 3.33. The minimum Gasteiger partial charge on any atom is -0.477 e. The van der Waals surface area contributed by atoms with Crippen LogP contribution in [0.4, 0.5) is 0 Å². The third-order valence-electron chi connectivity index (χ3n) is 14.1. The summed E-state index contributed by atoms with van der Waals surface area (Å²) in [5, 5.41) is 9.66. The summed E-state index contributed by atoms with van der Waals surface area (Å²) in [4.78, 5) is 37.2. The normalized spacial score (nSPS) is 12.6. The second kappa shape index (κ2) is 53.6. The number of hydrogen-bond donors (Lipinski definition) is 1. The van der Waals surface area contributed by atoms with Crippen LogP contribution in [-0.2, 0) is 33.3 Å². The largest absolute Gasteiger partial charge is 0.477 e. The molecule has 0 aliphatic rings. The summed E-state index contributed by atoms with van der Waals surface area (Å²) in [6.07, 6.45) is 58.1. The Morgan fingerprint density at radius 2 is 0.643 bits per heavy atom. The van der Waals surface area contributed by atoms with E-state index < -0.39 is 18.4 Å². The lowest BCUT2D eigenvalue weighted by Crippen LogP contribution is -2.40. The number of ether oxygens (including phenoxy) is 4. The van der Waals surface area contributed by atoms with Crippen LogP contribution in [0.1, 0.15) is 316 Å². The van der Waals surface area contributed by atoms with Gasteiger partial charge in [0.2, 0.25) is 0 Å². The van der Waals surface area contributed by atoms with Gasteiger partial charge in [0.15, 0.2) is 6.10 Å². The van der Waals surface area contributed by atoms with Crippen molar-refractivity contribution >= 4 is 17.9 Å². The summed E-state index contributed by atoms with van der Waals surface area (Å²) in [6.45, 7) is 4.91. The molecule has 2 unspecified atom stereocenters. The number of quaternary nitrogens is 1. The van der Waals surface area contributed by atoms with Gasteiger partial charge in [-0.1, -0.05) is 290 Å². The van der Waals surface area contributed by atoms with Crippen LogP contribution in [-0.4, -0.2) is 87.4 Å². The number of nitrogens with zero attached hydrogens (tertiary/aromatic N) is 1. The Bertz CT molecular complexity index is 1110. The lowest BCUT2D eigenvalue weighted by Gasteiger charge is -2.25. The summed E-state index contributed by atoms with van der Waals surface area (Å²) in [5.41, 5.74) is 0. The van der Waals surface area contributed by atoms with E-state index in [2.05, 4.69) is 13.8 Å². The lowest BCUT2D eigenvalue weighted by molar-refractivity contribution is -0.870. The first-order valence-electron chi connectivity index (χ1n) is 30.7. The van der Waals surface area contributed by atoms with Gasteiger partial charge in [-0.25, -0.2) is 4.79 Å². The van der Waals surface area contributed by atoms with Crippen LogP contribution in [0.5, 0.6) is 0 Å². The van der Waals surface area contributed by atoms with E-state index in [0.29, 0.717) is 17.4 Å². The quantitative estimate of drug-likeness (QED) is 0.0278. The minimum atomic E-state index is -1.50. The number of esters is 2.